The van der Waals surface area contributed by atoms with Gasteiger partial charge in [0.1, 0.15) is 17.7 Å². The molecule has 1 aliphatic rings. The van der Waals surface area contributed by atoms with E-state index in [1.54, 1.807) is 0 Å². The maximum atomic E-state index is 12.4. The molecular formula is C24H19ClN2O6. The number of rotatable bonds is 7. The molecule has 9 heteroatoms. The number of halogens is 1. The fraction of sp³-hybridized carbons (Fsp3) is 0.167. The normalized spacial score (nSPS) is 13.0. The molecule has 0 spiro atoms. The summed E-state index contributed by atoms with van der Waals surface area (Å²) in [7, 11) is 0. The van der Waals surface area contributed by atoms with Gasteiger partial charge < -0.3 is 15.2 Å². The van der Waals surface area contributed by atoms with Crippen LogP contribution in [0.4, 0.5) is 10.5 Å². The quantitative estimate of drug-likeness (QED) is 0.382. The van der Waals surface area contributed by atoms with Gasteiger partial charge >= 0.3 is 12.1 Å². The Balaban J connectivity index is 1.44. The van der Waals surface area contributed by atoms with Crippen molar-refractivity contribution < 1.29 is 24.4 Å². The van der Waals surface area contributed by atoms with E-state index in [0.717, 1.165) is 22.3 Å². The van der Waals surface area contributed by atoms with Gasteiger partial charge in [-0.1, -0.05) is 66.2 Å². The van der Waals surface area contributed by atoms with Crippen molar-refractivity contribution in [2.24, 2.45) is 0 Å². The zero-order valence-corrected chi connectivity index (χ0v) is 18.0. The molecule has 0 aliphatic heterocycles. The molecule has 2 N–H and O–H groups in total. The standard InChI is InChI=1S/C24H19ClN2O6/c25-20-10-9-14(12-22(20)27(31)32)11-21(23(28)29)26-24(30)33-13-19-17-7-3-1-5-15(17)16-6-2-4-8-18(16)19/h1-10,12,19,21H,11,13H2,(H,26,30)(H,28,29). The van der Waals surface area contributed by atoms with Crippen LogP contribution in [0, 0.1) is 10.1 Å². The summed E-state index contributed by atoms with van der Waals surface area (Å²) in [6.45, 7) is 0.0403. The van der Waals surface area contributed by atoms with Crippen LogP contribution in [0.2, 0.25) is 5.02 Å². The Kier molecular flexibility index (Phi) is 6.28. The molecule has 4 rings (SSSR count). The first kappa shape index (κ1) is 22.3. The molecule has 33 heavy (non-hydrogen) atoms. The Morgan fingerprint density at radius 1 is 1.06 bits per heavy atom. The van der Waals surface area contributed by atoms with Gasteiger partial charge in [-0.25, -0.2) is 9.59 Å². The molecule has 0 radical (unpaired) electrons. The number of hydrogen-bond donors (Lipinski definition) is 2. The van der Waals surface area contributed by atoms with Crippen molar-refractivity contribution in [2.45, 2.75) is 18.4 Å². The highest BCUT2D eigenvalue weighted by molar-refractivity contribution is 6.32. The van der Waals surface area contributed by atoms with Crippen molar-refractivity contribution in [2.75, 3.05) is 6.61 Å². The number of aliphatic carboxylic acids is 1. The molecule has 3 aromatic rings. The molecule has 3 aromatic carbocycles. The first-order chi connectivity index (χ1) is 15.8. The molecule has 0 bridgehead atoms. The summed E-state index contributed by atoms with van der Waals surface area (Å²) >= 11 is 5.80. The smallest absolute Gasteiger partial charge is 0.407 e. The predicted molar refractivity (Wildman–Crippen MR) is 121 cm³/mol. The lowest BCUT2D eigenvalue weighted by Gasteiger charge is -2.17. The van der Waals surface area contributed by atoms with Crippen molar-refractivity contribution >= 4 is 29.4 Å². The number of nitro groups is 1. The number of carbonyl (C=O) groups is 2. The van der Waals surface area contributed by atoms with E-state index in [2.05, 4.69) is 5.32 Å². The number of hydrogen-bond acceptors (Lipinski definition) is 5. The second kappa shape index (κ2) is 9.30. The molecule has 1 unspecified atom stereocenters. The van der Waals surface area contributed by atoms with E-state index in [4.69, 9.17) is 16.3 Å². The number of carbonyl (C=O) groups excluding carboxylic acids is 1. The number of carboxylic acid groups (broad SMARTS) is 1. The average Bonchev–Trinajstić information content (AvgIpc) is 3.12. The largest absolute Gasteiger partial charge is 0.480 e. The van der Waals surface area contributed by atoms with Gasteiger partial charge in [0.25, 0.3) is 5.69 Å². The highest BCUT2D eigenvalue weighted by Gasteiger charge is 2.30. The lowest BCUT2D eigenvalue weighted by molar-refractivity contribution is -0.384. The highest BCUT2D eigenvalue weighted by Crippen LogP contribution is 2.44. The molecule has 168 valence electrons. The minimum absolute atomic E-state index is 0.0403. The SMILES string of the molecule is O=C(NC(Cc1ccc(Cl)c([N+](=O)[O-])c1)C(=O)O)OCC1c2ccccc2-c2ccccc21. The molecular weight excluding hydrogens is 448 g/mol. The lowest BCUT2D eigenvalue weighted by atomic mass is 9.98. The van der Waals surface area contributed by atoms with Crippen molar-refractivity contribution in [3.63, 3.8) is 0 Å². The van der Waals surface area contributed by atoms with Gasteiger partial charge in [0.15, 0.2) is 0 Å². The number of carboxylic acids is 1. The fourth-order valence-electron chi connectivity index (χ4n) is 4.04. The number of benzene rings is 3. The summed E-state index contributed by atoms with van der Waals surface area (Å²) in [5.74, 6) is -1.45. The summed E-state index contributed by atoms with van der Waals surface area (Å²) in [5, 5.41) is 22.9. The van der Waals surface area contributed by atoms with Gasteiger partial charge in [0.2, 0.25) is 0 Å². The molecule has 1 aliphatic carbocycles. The summed E-state index contributed by atoms with van der Waals surface area (Å²) < 4.78 is 5.40. The van der Waals surface area contributed by atoms with Gasteiger partial charge in [-0.15, -0.1) is 0 Å². The number of ether oxygens (including phenoxy) is 1. The summed E-state index contributed by atoms with van der Waals surface area (Å²) in [5.41, 5.74) is 4.24. The van der Waals surface area contributed by atoms with Crippen LogP contribution in [0.1, 0.15) is 22.6 Å². The fourth-order valence-corrected chi connectivity index (χ4v) is 4.23. The Bertz CT molecular complexity index is 1200. The highest BCUT2D eigenvalue weighted by atomic mass is 35.5. The minimum atomic E-state index is -1.33. The molecule has 0 heterocycles. The van der Waals surface area contributed by atoms with Crippen molar-refractivity contribution in [1.29, 1.82) is 0 Å². The maximum absolute atomic E-state index is 12.4. The van der Waals surface area contributed by atoms with Gasteiger partial charge in [-0.2, -0.15) is 0 Å². The molecule has 0 aromatic heterocycles. The van der Waals surface area contributed by atoms with Crippen LogP contribution in [0.25, 0.3) is 11.1 Å². The second-order valence-electron chi connectivity index (χ2n) is 7.61. The van der Waals surface area contributed by atoms with Crippen LogP contribution in [-0.2, 0) is 16.0 Å². The average molecular weight is 467 g/mol. The summed E-state index contributed by atoms with van der Waals surface area (Å²) in [4.78, 5) is 34.5. The Morgan fingerprint density at radius 3 is 2.24 bits per heavy atom. The van der Waals surface area contributed by atoms with E-state index < -0.39 is 23.0 Å². The van der Waals surface area contributed by atoms with Crippen molar-refractivity contribution in [1.82, 2.24) is 5.32 Å². The van der Waals surface area contributed by atoms with Crippen molar-refractivity contribution in [3.8, 4) is 11.1 Å². The van der Waals surface area contributed by atoms with Gasteiger partial charge in [0.05, 0.1) is 4.92 Å². The number of alkyl carbamates (subject to hydrolysis) is 1. The molecule has 0 fully saturated rings. The van der Waals surface area contributed by atoms with Crippen LogP contribution in [0.3, 0.4) is 0 Å². The predicted octanol–water partition coefficient (Wildman–Crippen LogP) is 4.78. The third-order valence-corrected chi connectivity index (χ3v) is 5.90. The van der Waals surface area contributed by atoms with Crippen LogP contribution in [0.15, 0.2) is 66.7 Å². The molecule has 0 saturated carbocycles. The molecule has 1 amide bonds. The third kappa shape index (κ3) is 4.65. The Hall–Kier alpha value is -3.91. The molecule has 1 atom stereocenters. The van der Waals surface area contributed by atoms with E-state index in [-0.39, 0.29) is 29.7 Å². The number of fused-ring (bicyclic) bond motifs is 3. The zero-order valence-electron chi connectivity index (χ0n) is 17.2. The van der Waals surface area contributed by atoms with Gasteiger partial charge in [0, 0.05) is 18.4 Å². The maximum Gasteiger partial charge on any atom is 0.407 e. The Morgan fingerprint density at radius 2 is 1.67 bits per heavy atom. The van der Waals surface area contributed by atoms with E-state index in [0.29, 0.717) is 5.56 Å². The van der Waals surface area contributed by atoms with Gasteiger partial charge in [-0.05, 0) is 33.9 Å². The number of nitrogens with zero attached hydrogens (tertiary/aromatic N) is 1. The zero-order chi connectivity index (χ0) is 23.5. The minimum Gasteiger partial charge on any atom is -0.480 e. The lowest BCUT2D eigenvalue weighted by Crippen LogP contribution is -2.42. The summed E-state index contributed by atoms with van der Waals surface area (Å²) in [6, 6.07) is 18.4. The van der Waals surface area contributed by atoms with Crippen LogP contribution < -0.4 is 5.32 Å². The number of nitrogens with one attached hydrogen (secondary N) is 1. The van der Waals surface area contributed by atoms with E-state index >= 15 is 0 Å². The Labute approximate surface area is 193 Å². The number of amides is 1. The topological polar surface area (TPSA) is 119 Å². The van der Waals surface area contributed by atoms with E-state index in [9.17, 15) is 24.8 Å². The van der Waals surface area contributed by atoms with E-state index in [1.807, 2.05) is 48.5 Å². The summed E-state index contributed by atoms with van der Waals surface area (Å²) in [6.07, 6.45) is -1.05. The van der Waals surface area contributed by atoms with E-state index in [1.165, 1.54) is 18.2 Å². The molecule has 8 nitrogen and oxygen atoms in total. The van der Waals surface area contributed by atoms with Crippen molar-refractivity contribution in [3.05, 3.63) is 98.6 Å². The van der Waals surface area contributed by atoms with Crippen LogP contribution in [-0.4, -0.2) is 34.7 Å². The monoisotopic (exact) mass is 466 g/mol. The third-order valence-electron chi connectivity index (χ3n) is 5.58. The first-order valence-electron chi connectivity index (χ1n) is 10.1. The molecule has 0 saturated heterocycles. The number of nitro benzene ring substituents is 1. The van der Waals surface area contributed by atoms with Gasteiger partial charge in [-0.3, -0.25) is 10.1 Å². The van der Waals surface area contributed by atoms with Crippen LogP contribution in [0.5, 0.6) is 0 Å². The second-order valence-corrected chi connectivity index (χ2v) is 8.01. The van der Waals surface area contributed by atoms with Crippen LogP contribution >= 0.6 is 11.6 Å². The first-order valence-corrected chi connectivity index (χ1v) is 10.5.